The van der Waals surface area contributed by atoms with E-state index in [-0.39, 0.29) is 0 Å². The van der Waals surface area contributed by atoms with E-state index >= 15 is 0 Å². The normalized spacial score (nSPS) is 12.8. The van der Waals surface area contributed by atoms with Gasteiger partial charge in [-0.1, -0.05) is 29.8 Å². The molecule has 1 N–H and O–H groups in total. The van der Waals surface area contributed by atoms with Crippen molar-refractivity contribution >= 4 is 22.5 Å². The van der Waals surface area contributed by atoms with Crippen LogP contribution in [0.1, 0.15) is 17.4 Å². The van der Waals surface area contributed by atoms with Crippen LogP contribution in [0.4, 0.5) is 0 Å². The zero-order chi connectivity index (χ0) is 13.4. The van der Waals surface area contributed by atoms with Gasteiger partial charge in [-0.15, -0.1) is 0 Å². The molecule has 0 spiro atoms. The molecule has 5 heteroatoms. The summed E-state index contributed by atoms with van der Waals surface area (Å²) in [5, 5.41) is 16.0. The molecule has 0 saturated carbocycles. The topological polar surface area (TPSA) is 50.9 Å². The fourth-order valence-corrected chi connectivity index (χ4v) is 2.51. The van der Waals surface area contributed by atoms with E-state index in [9.17, 15) is 5.11 Å². The quantitative estimate of drug-likeness (QED) is 0.781. The summed E-state index contributed by atoms with van der Waals surface area (Å²) >= 11 is 6.08. The first-order valence-electron chi connectivity index (χ1n) is 5.87. The first kappa shape index (κ1) is 12.1. The largest absolute Gasteiger partial charge is 0.382 e. The van der Waals surface area contributed by atoms with Crippen molar-refractivity contribution in [2.75, 3.05) is 0 Å². The molecule has 0 bridgehead atoms. The lowest BCUT2D eigenvalue weighted by atomic mass is 10.0. The van der Waals surface area contributed by atoms with Gasteiger partial charge in [-0.2, -0.15) is 5.10 Å². The molecular weight excluding hydrogens is 262 g/mol. The number of aryl methyl sites for hydroxylation is 1. The van der Waals surface area contributed by atoms with Crippen LogP contribution in [0.25, 0.3) is 10.9 Å². The van der Waals surface area contributed by atoms with E-state index in [2.05, 4.69) is 10.1 Å². The third kappa shape index (κ3) is 1.99. The Bertz CT molecular complexity index is 714. The van der Waals surface area contributed by atoms with Crippen molar-refractivity contribution in [1.82, 2.24) is 14.8 Å². The van der Waals surface area contributed by atoms with Crippen molar-refractivity contribution in [3.8, 4) is 0 Å². The molecule has 0 radical (unpaired) electrons. The number of halogens is 1. The van der Waals surface area contributed by atoms with E-state index in [1.54, 1.807) is 17.9 Å². The van der Waals surface area contributed by atoms with Gasteiger partial charge in [0.15, 0.2) is 0 Å². The molecule has 1 unspecified atom stereocenters. The van der Waals surface area contributed by atoms with Crippen molar-refractivity contribution in [3.05, 3.63) is 59.0 Å². The highest BCUT2D eigenvalue weighted by Crippen LogP contribution is 2.31. The van der Waals surface area contributed by atoms with E-state index in [1.165, 1.54) is 6.20 Å². The second-order valence-electron chi connectivity index (χ2n) is 4.32. The van der Waals surface area contributed by atoms with Crippen molar-refractivity contribution in [3.63, 3.8) is 0 Å². The minimum Gasteiger partial charge on any atom is -0.382 e. The number of aliphatic hydroxyl groups is 1. The standard InChI is InChI=1S/C14H12ClN3O/c1-18-13(11(15)8-17-18)14(19)10-4-2-6-12-9(10)5-3-7-16-12/h2-8,14,19H,1H3. The van der Waals surface area contributed by atoms with Crippen LogP contribution in [-0.4, -0.2) is 19.9 Å². The van der Waals surface area contributed by atoms with Crippen molar-refractivity contribution in [1.29, 1.82) is 0 Å². The predicted octanol–water partition coefficient (Wildman–Crippen LogP) is 2.70. The van der Waals surface area contributed by atoms with E-state index < -0.39 is 6.10 Å². The molecule has 2 heterocycles. The molecule has 0 fully saturated rings. The first-order chi connectivity index (χ1) is 9.18. The lowest BCUT2D eigenvalue weighted by Crippen LogP contribution is -2.07. The Morgan fingerprint density at radius 2 is 2.11 bits per heavy atom. The van der Waals surface area contributed by atoms with Crippen LogP contribution in [0.2, 0.25) is 5.02 Å². The summed E-state index contributed by atoms with van der Waals surface area (Å²) in [5.41, 5.74) is 2.20. The van der Waals surface area contributed by atoms with Crippen LogP contribution < -0.4 is 0 Å². The summed E-state index contributed by atoms with van der Waals surface area (Å²) < 4.78 is 1.59. The minimum atomic E-state index is -0.826. The summed E-state index contributed by atoms with van der Waals surface area (Å²) in [5.74, 6) is 0. The van der Waals surface area contributed by atoms with Gasteiger partial charge in [0.2, 0.25) is 0 Å². The van der Waals surface area contributed by atoms with Gasteiger partial charge in [0.05, 0.1) is 22.4 Å². The molecule has 96 valence electrons. The van der Waals surface area contributed by atoms with E-state index in [0.717, 1.165) is 16.5 Å². The van der Waals surface area contributed by atoms with Crippen molar-refractivity contribution < 1.29 is 5.11 Å². The van der Waals surface area contributed by atoms with Gasteiger partial charge >= 0.3 is 0 Å². The smallest absolute Gasteiger partial charge is 0.123 e. The Morgan fingerprint density at radius 3 is 2.84 bits per heavy atom. The molecular formula is C14H12ClN3O. The third-order valence-corrected chi connectivity index (χ3v) is 3.46. The van der Waals surface area contributed by atoms with Gasteiger partial charge in [-0.25, -0.2) is 0 Å². The average Bonchev–Trinajstić information content (AvgIpc) is 2.77. The molecule has 2 aromatic heterocycles. The lowest BCUT2D eigenvalue weighted by Gasteiger charge is -2.14. The highest BCUT2D eigenvalue weighted by molar-refractivity contribution is 6.31. The van der Waals surface area contributed by atoms with Gasteiger partial charge in [-0.3, -0.25) is 9.67 Å². The van der Waals surface area contributed by atoms with Crippen LogP contribution in [0.15, 0.2) is 42.7 Å². The number of nitrogens with zero attached hydrogens (tertiary/aromatic N) is 3. The van der Waals surface area contributed by atoms with E-state index in [1.807, 2.05) is 30.3 Å². The summed E-state index contributed by atoms with van der Waals surface area (Å²) in [7, 11) is 1.76. The fourth-order valence-electron chi connectivity index (χ4n) is 2.24. The van der Waals surface area contributed by atoms with Crippen molar-refractivity contribution in [2.24, 2.45) is 7.05 Å². The van der Waals surface area contributed by atoms with Crippen LogP contribution in [0.3, 0.4) is 0 Å². The first-order valence-corrected chi connectivity index (χ1v) is 6.25. The second kappa shape index (κ2) is 4.64. The zero-order valence-electron chi connectivity index (χ0n) is 10.3. The van der Waals surface area contributed by atoms with E-state index in [4.69, 9.17) is 11.6 Å². The molecule has 0 aliphatic carbocycles. The molecule has 3 rings (SSSR count). The molecule has 0 amide bonds. The molecule has 0 aliphatic rings. The maximum absolute atomic E-state index is 10.6. The second-order valence-corrected chi connectivity index (χ2v) is 4.73. The van der Waals surface area contributed by atoms with Gasteiger partial charge in [-0.05, 0) is 17.7 Å². The predicted molar refractivity (Wildman–Crippen MR) is 74.0 cm³/mol. The number of hydrogen-bond donors (Lipinski definition) is 1. The summed E-state index contributed by atoms with van der Waals surface area (Å²) in [6.45, 7) is 0. The summed E-state index contributed by atoms with van der Waals surface area (Å²) in [6, 6.07) is 9.45. The van der Waals surface area contributed by atoms with Gasteiger partial charge in [0.25, 0.3) is 0 Å². The highest BCUT2D eigenvalue weighted by atomic mass is 35.5. The van der Waals surface area contributed by atoms with Crippen LogP contribution >= 0.6 is 11.6 Å². The Balaban J connectivity index is 2.20. The minimum absolute atomic E-state index is 0.455. The molecule has 0 saturated heterocycles. The Hall–Kier alpha value is -1.91. The SMILES string of the molecule is Cn1ncc(Cl)c1C(O)c1cccc2ncccc12. The number of aliphatic hydroxyl groups excluding tert-OH is 1. The molecule has 19 heavy (non-hydrogen) atoms. The Kier molecular flexibility index (Phi) is 2.97. The summed E-state index contributed by atoms with van der Waals surface area (Å²) in [4.78, 5) is 4.28. The number of benzene rings is 1. The molecule has 1 atom stereocenters. The fraction of sp³-hybridized carbons (Fsp3) is 0.143. The molecule has 0 aliphatic heterocycles. The summed E-state index contributed by atoms with van der Waals surface area (Å²) in [6.07, 6.45) is 2.44. The maximum Gasteiger partial charge on any atom is 0.123 e. The van der Waals surface area contributed by atoms with Crippen LogP contribution in [-0.2, 0) is 7.05 Å². The monoisotopic (exact) mass is 273 g/mol. The van der Waals surface area contributed by atoms with Gasteiger partial charge < -0.3 is 5.11 Å². The van der Waals surface area contributed by atoms with Crippen LogP contribution in [0, 0.1) is 0 Å². The highest BCUT2D eigenvalue weighted by Gasteiger charge is 2.20. The molecule has 1 aromatic carbocycles. The number of hydrogen-bond acceptors (Lipinski definition) is 3. The average molecular weight is 274 g/mol. The maximum atomic E-state index is 10.6. The zero-order valence-corrected chi connectivity index (χ0v) is 11.0. The third-order valence-electron chi connectivity index (χ3n) is 3.17. The Labute approximate surface area is 115 Å². The molecule has 4 nitrogen and oxygen atoms in total. The van der Waals surface area contributed by atoms with Crippen LogP contribution in [0.5, 0.6) is 0 Å². The lowest BCUT2D eigenvalue weighted by molar-refractivity contribution is 0.211. The number of pyridine rings is 1. The van der Waals surface area contributed by atoms with E-state index in [0.29, 0.717) is 10.7 Å². The van der Waals surface area contributed by atoms with Gasteiger partial charge in [0, 0.05) is 18.6 Å². The van der Waals surface area contributed by atoms with Crippen molar-refractivity contribution in [2.45, 2.75) is 6.10 Å². The van der Waals surface area contributed by atoms with Gasteiger partial charge in [0.1, 0.15) is 6.10 Å². The number of rotatable bonds is 2. The molecule has 3 aromatic rings. The number of fused-ring (bicyclic) bond motifs is 1. The Morgan fingerprint density at radius 1 is 1.26 bits per heavy atom. The number of aromatic nitrogens is 3.